The minimum absolute atomic E-state index is 0.231. The van der Waals surface area contributed by atoms with Gasteiger partial charge in [0.1, 0.15) is 5.75 Å². The number of nitrogens with one attached hydrogen (secondary N) is 2. The summed E-state index contributed by atoms with van der Waals surface area (Å²) in [6.07, 6.45) is 0. The highest BCUT2D eigenvalue weighted by Gasteiger charge is 2.05. The van der Waals surface area contributed by atoms with Crippen LogP contribution in [-0.2, 0) is 6.54 Å². The lowest BCUT2D eigenvalue weighted by molar-refractivity contribution is 0.252. The predicted octanol–water partition coefficient (Wildman–Crippen LogP) is 3.84. The number of halogens is 1. The Labute approximate surface area is 123 Å². The normalized spacial score (nSPS) is 10.0. The van der Waals surface area contributed by atoms with Crippen LogP contribution < -0.4 is 15.4 Å². The van der Waals surface area contributed by atoms with Gasteiger partial charge in [-0.3, -0.25) is 0 Å². The Morgan fingerprint density at radius 1 is 1.32 bits per heavy atom. The van der Waals surface area contributed by atoms with Gasteiger partial charge in [-0.15, -0.1) is 11.3 Å². The van der Waals surface area contributed by atoms with Crippen molar-refractivity contribution in [1.82, 2.24) is 5.32 Å². The molecule has 19 heavy (non-hydrogen) atoms. The van der Waals surface area contributed by atoms with Crippen LogP contribution >= 0.6 is 27.3 Å². The van der Waals surface area contributed by atoms with Crippen molar-refractivity contribution in [3.8, 4) is 5.75 Å². The van der Waals surface area contributed by atoms with E-state index < -0.39 is 0 Å². The molecule has 4 nitrogen and oxygen atoms in total. The van der Waals surface area contributed by atoms with Crippen molar-refractivity contribution in [3.05, 3.63) is 45.1 Å². The summed E-state index contributed by atoms with van der Waals surface area (Å²) in [5, 5.41) is 7.54. The van der Waals surface area contributed by atoms with Gasteiger partial charge in [0, 0.05) is 15.0 Å². The predicted molar refractivity (Wildman–Crippen MR) is 80.9 cm³/mol. The largest absolute Gasteiger partial charge is 0.497 e. The third kappa shape index (κ3) is 3.97. The van der Waals surface area contributed by atoms with Crippen LogP contribution in [0.25, 0.3) is 0 Å². The lowest BCUT2D eigenvalue weighted by Gasteiger charge is -2.07. The topological polar surface area (TPSA) is 50.4 Å². The molecule has 2 rings (SSSR count). The molecule has 1 aromatic heterocycles. The number of urea groups is 1. The van der Waals surface area contributed by atoms with Crippen molar-refractivity contribution in [3.63, 3.8) is 0 Å². The molecule has 2 amide bonds. The first-order chi connectivity index (χ1) is 9.19. The van der Waals surface area contributed by atoms with E-state index in [0.717, 1.165) is 20.8 Å². The fourth-order valence-corrected chi connectivity index (χ4v) is 2.89. The van der Waals surface area contributed by atoms with E-state index in [0.29, 0.717) is 6.54 Å². The van der Waals surface area contributed by atoms with Crippen LogP contribution in [0.3, 0.4) is 0 Å². The Hall–Kier alpha value is -1.53. The van der Waals surface area contributed by atoms with Crippen LogP contribution in [0, 0.1) is 0 Å². The van der Waals surface area contributed by atoms with Crippen molar-refractivity contribution in [2.75, 3.05) is 12.4 Å². The van der Waals surface area contributed by atoms with E-state index in [9.17, 15) is 4.79 Å². The molecule has 0 radical (unpaired) electrons. The average molecular weight is 341 g/mol. The third-order valence-corrected chi connectivity index (χ3v) is 4.37. The lowest BCUT2D eigenvalue weighted by Crippen LogP contribution is -2.27. The van der Waals surface area contributed by atoms with E-state index in [1.54, 1.807) is 42.7 Å². The van der Waals surface area contributed by atoms with Crippen molar-refractivity contribution in [1.29, 1.82) is 0 Å². The van der Waals surface area contributed by atoms with Gasteiger partial charge in [0.15, 0.2) is 0 Å². The molecule has 1 heterocycles. The molecule has 1 aromatic carbocycles. The number of anilines is 1. The molecule has 0 saturated carbocycles. The number of hydrogen-bond donors (Lipinski definition) is 2. The Morgan fingerprint density at radius 2 is 2.05 bits per heavy atom. The number of carbonyl (C=O) groups excluding carboxylic acids is 1. The molecule has 0 saturated heterocycles. The van der Waals surface area contributed by atoms with Crippen LogP contribution in [-0.4, -0.2) is 13.1 Å². The maximum atomic E-state index is 11.7. The van der Waals surface area contributed by atoms with Gasteiger partial charge in [0.25, 0.3) is 0 Å². The minimum Gasteiger partial charge on any atom is -0.497 e. The summed E-state index contributed by atoms with van der Waals surface area (Å²) in [4.78, 5) is 12.8. The summed E-state index contributed by atoms with van der Waals surface area (Å²) in [5.74, 6) is 0.758. The SMILES string of the molecule is COc1ccc(NC(=O)NCc2sccc2Br)cc1. The van der Waals surface area contributed by atoms with E-state index in [-0.39, 0.29) is 6.03 Å². The summed E-state index contributed by atoms with van der Waals surface area (Å²) < 4.78 is 6.07. The Kier molecular flexibility index (Phi) is 4.81. The standard InChI is InChI=1S/C13H13BrN2O2S/c1-18-10-4-2-9(3-5-10)16-13(17)15-8-12-11(14)6-7-19-12/h2-7H,8H2,1H3,(H2,15,16,17). The average Bonchev–Trinajstić information content (AvgIpc) is 2.83. The number of methoxy groups -OCH3 is 1. The van der Waals surface area contributed by atoms with E-state index in [1.807, 2.05) is 11.4 Å². The first kappa shape index (κ1) is 13.9. The number of carbonyl (C=O) groups is 1. The fourth-order valence-electron chi connectivity index (χ4n) is 1.46. The smallest absolute Gasteiger partial charge is 0.319 e. The van der Waals surface area contributed by atoms with Gasteiger partial charge in [0.05, 0.1) is 13.7 Å². The maximum Gasteiger partial charge on any atom is 0.319 e. The molecular formula is C13H13BrN2O2S. The van der Waals surface area contributed by atoms with E-state index in [1.165, 1.54) is 0 Å². The van der Waals surface area contributed by atoms with Gasteiger partial charge in [-0.05, 0) is 51.6 Å². The van der Waals surface area contributed by atoms with Crippen LogP contribution in [0.15, 0.2) is 40.2 Å². The van der Waals surface area contributed by atoms with E-state index in [2.05, 4.69) is 26.6 Å². The summed E-state index contributed by atoms with van der Waals surface area (Å²) in [6, 6.07) is 8.91. The Morgan fingerprint density at radius 3 is 2.63 bits per heavy atom. The monoisotopic (exact) mass is 340 g/mol. The van der Waals surface area contributed by atoms with Crippen molar-refractivity contribution in [2.24, 2.45) is 0 Å². The van der Waals surface area contributed by atoms with Gasteiger partial charge >= 0.3 is 6.03 Å². The number of amides is 2. The van der Waals surface area contributed by atoms with Crippen molar-refractivity contribution in [2.45, 2.75) is 6.54 Å². The summed E-state index contributed by atoms with van der Waals surface area (Å²) in [5.41, 5.74) is 0.726. The maximum absolute atomic E-state index is 11.7. The molecule has 6 heteroatoms. The van der Waals surface area contributed by atoms with Crippen molar-refractivity contribution < 1.29 is 9.53 Å². The first-order valence-corrected chi connectivity index (χ1v) is 7.27. The van der Waals surface area contributed by atoms with Crippen molar-refractivity contribution >= 4 is 39.0 Å². The third-order valence-electron chi connectivity index (χ3n) is 2.45. The van der Waals surface area contributed by atoms with Gasteiger partial charge in [0.2, 0.25) is 0 Å². The first-order valence-electron chi connectivity index (χ1n) is 5.60. The van der Waals surface area contributed by atoms with Gasteiger partial charge in [-0.2, -0.15) is 0 Å². The quantitative estimate of drug-likeness (QED) is 0.888. The lowest BCUT2D eigenvalue weighted by atomic mass is 10.3. The van der Waals surface area contributed by atoms with Gasteiger partial charge in [-0.1, -0.05) is 0 Å². The molecule has 0 aliphatic rings. The molecule has 0 aliphatic heterocycles. The molecule has 0 aliphatic carbocycles. The highest BCUT2D eigenvalue weighted by molar-refractivity contribution is 9.10. The van der Waals surface area contributed by atoms with Gasteiger partial charge < -0.3 is 15.4 Å². The van der Waals surface area contributed by atoms with E-state index in [4.69, 9.17) is 4.74 Å². The second-order valence-electron chi connectivity index (χ2n) is 3.73. The van der Waals surface area contributed by atoms with Crippen LogP contribution in [0.1, 0.15) is 4.88 Å². The zero-order valence-corrected chi connectivity index (χ0v) is 12.7. The molecule has 0 atom stereocenters. The molecule has 0 fully saturated rings. The Balaban J connectivity index is 1.85. The fraction of sp³-hybridized carbons (Fsp3) is 0.154. The second kappa shape index (κ2) is 6.58. The highest BCUT2D eigenvalue weighted by atomic mass is 79.9. The summed E-state index contributed by atoms with van der Waals surface area (Å²) in [6.45, 7) is 0.500. The number of hydrogen-bond acceptors (Lipinski definition) is 3. The molecule has 100 valence electrons. The summed E-state index contributed by atoms with van der Waals surface area (Å²) >= 11 is 5.02. The number of benzene rings is 1. The van der Waals surface area contributed by atoms with Crippen LogP contribution in [0.4, 0.5) is 10.5 Å². The van der Waals surface area contributed by atoms with Crippen LogP contribution in [0.5, 0.6) is 5.75 Å². The second-order valence-corrected chi connectivity index (χ2v) is 5.58. The number of rotatable bonds is 4. The molecular weight excluding hydrogens is 328 g/mol. The number of ether oxygens (including phenoxy) is 1. The highest BCUT2D eigenvalue weighted by Crippen LogP contribution is 2.22. The molecule has 2 N–H and O–H groups in total. The summed E-state index contributed by atoms with van der Waals surface area (Å²) in [7, 11) is 1.61. The van der Waals surface area contributed by atoms with E-state index >= 15 is 0 Å². The zero-order valence-electron chi connectivity index (χ0n) is 10.3. The van der Waals surface area contributed by atoms with Crippen LogP contribution in [0.2, 0.25) is 0 Å². The molecule has 2 aromatic rings. The minimum atomic E-state index is -0.231. The number of thiophene rings is 1. The molecule has 0 spiro atoms. The Bertz CT molecular complexity index is 554. The molecule has 0 unspecified atom stereocenters. The zero-order chi connectivity index (χ0) is 13.7. The van der Waals surface area contributed by atoms with Gasteiger partial charge in [-0.25, -0.2) is 4.79 Å². The molecule has 0 bridgehead atoms.